The molecule has 0 aliphatic carbocycles. The molecule has 0 spiro atoms. The van der Waals surface area contributed by atoms with Gasteiger partial charge in [-0.25, -0.2) is 15.0 Å². The standard InChI is InChI=1S/C13H12N4OS/c1-17(9-3-5-10(18-2)6-4-9)12-11-13(15-7-14-12)19-8-16-11/h3-8H,1-2H3. The molecule has 96 valence electrons. The van der Waals surface area contributed by atoms with Gasteiger partial charge < -0.3 is 9.64 Å². The lowest BCUT2D eigenvalue weighted by Crippen LogP contribution is -2.11. The van der Waals surface area contributed by atoms with Crippen molar-refractivity contribution < 1.29 is 4.74 Å². The molecule has 0 aliphatic rings. The number of ether oxygens (including phenoxy) is 1. The molecule has 0 bridgehead atoms. The molecule has 0 unspecified atom stereocenters. The second-order valence-electron chi connectivity index (χ2n) is 3.96. The van der Waals surface area contributed by atoms with E-state index in [0.717, 1.165) is 27.6 Å². The Bertz CT molecular complexity index is 695. The van der Waals surface area contributed by atoms with Gasteiger partial charge in [0.15, 0.2) is 5.82 Å². The maximum atomic E-state index is 5.16. The minimum Gasteiger partial charge on any atom is -0.497 e. The third-order valence-electron chi connectivity index (χ3n) is 2.89. The molecule has 0 aliphatic heterocycles. The largest absolute Gasteiger partial charge is 0.497 e. The Morgan fingerprint density at radius 2 is 1.89 bits per heavy atom. The number of hydrogen-bond acceptors (Lipinski definition) is 6. The van der Waals surface area contributed by atoms with Gasteiger partial charge in [0.05, 0.1) is 12.6 Å². The van der Waals surface area contributed by atoms with E-state index in [1.54, 1.807) is 18.9 Å². The Balaban J connectivity index is 2.02. The van der Waals surface area contributed by atoms with Gasteiger partial charge in [-0.1, -0.05) is 0 Å². The summed E-state index contributed by atoms with van der Waals surface area (Å²) in [6, 6.07) is 7.81. The zero-order valence-electron chi connectivity index (χ0n) is 10.6. The predicted octanol–water partition coefficient (Wildman–Crippen LogP) is 2.86. The van der Waals surface area contributed by atoms with Crippen LogP contribution in [0.15, 0.2) is 36.1 Å². The molecule has 1 aromatic carbocycles. The first kappa shape index (κ1) is 11.9. The lowest BCUT2D eigenvalue weighted by atomic mass is 10.3. The summed E-state index contributed by atoms with van der Waals surface area (Å²) < 4.78 is 5.16. The van der Waals surface area contributed by atoms with Gasteiger partial charge in [0.1, 0.15) is 22.4 Å². The number of anilines is 2. The summed E-state index contributed by atoms with van der Waals surface area (Å²) in [4.78, 5) is 15.7. The first-order chi connectivity index (χ1) is 9.29. The van der Waals surface area contributed by atoms with Crippen LogP contribution in [0, 0.1) is 0 Å². The molecule has 19 heavy (non-hydrogen) atoms. The monoisotopic (exact) mass is 272 g/mol. The van der Waals surface area contributed by atoms with Crippen molar-refractivity contribution in [3.63, 3.8) is 0 Å². The number of hydrogen-bond donors (Lipinski definition) is 0. The summed E-state index contributed by atoms with van der Waals surface area (Å²) in [5, 5.41) is 0. The van der Waals surface area contributed by atoms with Crippen molar-refractivity contribution in [2.24, 2.45) is 0 Å². The summed E-state index contributed by atoms with van der Waals surface area (Å²) in [5.41, 5.74) is 3.63. The lowest BCUT2D eigenvalue weighted by molar-refractivity contribution is 0.415. The SMILES string of the molecule is COc1ccc(N(C)c2ncnc3scnc23)cc1. The molecule has 6 heteroatoms. The molecular weight excluding hydrogens is 260 g/mol. The second kappa shape index (κ2) is 4.81. The molecule has 0 radical (unpaired) electrons. The van der Waals surface area contributed by atoms with Crippen molar-refractivity contribution >= 4 is 33.2 Å². The molecule has 3 aromatic rings. The normalized spacial score (nSPS) is 10.6. The Morgan fingerprint density at radius 3 is 2.63 bits per heavy atom. The van der Waals surface area contributed by atoms with E-state index >= 15 is 0 Å². The summed E-state index contributed by atoms with van der Waals surface area (Å²) in [7, 11) is 3.62. The first-order valence-corrected chi connectivity index (χ1v) is 6.59. The van der Waals surface area contributed by atoms with Crippen molar-refractivity contribution in [3.8, 4) is 5.75 Å². The predicted molar refractivity (Wildman–Crippen MR) is 76.3 cm³/mol. The molecule has 0 fully saturated rings. The Labute approximate surface area is 114 Å². The van der Waals surface area contributed by atoms with E-state index in [1.807, 2.05) is 36.2 Å². The molecule has 0 N–H and O–H groups in total. The van der Waals surface area contributed by atoms with Crippen LogP contribution < -0.4 is 9.64 Å². The number of rotatable bonds is 3. The molecule has 2 heterocycles. The number of aromatic nitrogens is 3. The maximum absolute atomic E-state index is 5.16. The molecule has 3 rings (SSSR count). The third kappa shape index (κ3) is 2.10. The number of nitrogens with zero attached hydrogens (tertiary/aromatic N) is 4. The Hall–Kier alpha value is -2.21. The van der Waals surface area contributed by atoms with Crippen LogP contribution >= 0.6 is 11.3 Å². The summed E-state index contributed by atoms with van der Waals surface area (Å²) in [6.45, 7) is 0. The van der Waals surface area contributed by atoms with Crippen LogP contribution in [0.5, 0.6) is 5.75 Å². The van der Waals surface area contributed by atoms with Gasteiger partial charge >= 0.3 is 0 Å². The zero-order chi connectivity index (χ0) is 13.2. The average molecular weight is 272 g/mol. The topological polar surface area (TPSA) is 51.1 Å². The van der Waals surface area contributed by atoms with Crippen LogP contribution in [0.25, 0.3) is 10.3 Å². The van der Waals surface area contributed by atoms with Gasteiger partial charge in [-0.05, 0) is 24.3 Å². The number of benzene rings is 1. The van der Waals surface area contributed by atoms with Crippen LogP contribution in [-0.4, -0.2) is 29.1 Å². The van der Waals surface area contributed by atoms with Gasteiger partial charge in [0, 0.05) is 12.7 Å². The van der Waals surface area contributed by atoms with Crippen molar-refractivity contribution in [1.29, 1.82) is 0 Å². The highest BCUT2D eigenvalue weighted by Gasteiger charge is 2.12. The van der Waals surface area contributed by atoms with Gasteiger partial charge in [-0.2, -0.15) is 0 Å². The van der Waals surface area contributed by atoms with Gasteiger partial charge in [0.2, 0.25) is 0 Å². The van der Waals surface area contributed by atoms with Gasteiger partial charge in [0.25, 0.3) is 0 Å². The minimum absolute atomic E-state index is 0.802. The fourth-order valence-corrected chi connectivity index (χ4v) is 2.48. The van der Waals surface area contributed by atoms with Crippen molar-refractivity contribution in [2.75, 3.05) is 19.1 Å². The zero-order valence-corrected chi connectivity index (χ0v) is 11.4. The Morgan fingerprint density at radius 1 is 1.11 bits per heavy atom. The fraction of sp³-hybridized carbons (Fsp3) is 0.154. The molecule has 0 saturated heterocycles. The van der Waals surface area contributed by atoms with Crippen molar-refractivity contribution in [3.05, 3.63) is 36.1 Å². The third-order valence-corrected chi connectivity index (χ3v) is 3.63. The van der Waals surface area contributed by atoms with E-state index in [9.17, 15) is 0 Å². The van der Waals surface area contributed by atoms with Crippen LogP contribution in [0.3, 0.4) is 0 Å². The fourth-order valence-electron chi connectivity index (χ4n) is 1.86. The summed E-state index contributed by atoms with van der Waals surface area (Å²) in [5.74, 6) is 1.63. The minimum atomic E-state index is 0.802. The summed E-state index contributed by atoms with van der Waals surface area (Å²) in [6.07, 6.45) is 1.57. The quantitative estimate of drug-likeness (QED) is 0.733. The van der Waals surface area contributed by atoms with E-state index in [2.05, 4.69) is 15.0 Å². The van der Waals surface area contributed by atoms with Gasteiger partial charge in [-0.3, -0.25) is 0 Å². The summed E-state index contributed by atoms with van der Waals surface area (Å²) >= 11 is 1.51. The smallest absolute Gasteiger partial charge is 0.163 e. The maximum Gasteiger partial charge on any atom is 0.163 e. The number of fused-ring (bicyclic) bond motifs is 1. The second-order valence-corrected chi connectivity index (χ2v) is 4.79. The van der Waals surface area contributed by atoms with E-state index in [-0.39, 0.29) is 0 Å². The highest BCUT2D eigenvalue weighted by molar-refractivity contribution is 7.16. The van der Waals surface area contributed by atoms with Crippen molar-refractivity contribution in [1.82, 2.24) is 15.0 Å². The van der Waals surface area contributed by atoms with E-state index in [0.29, 0.717) is 0 Å². The molecule has 2 aromatic heterocycles. The number of thiazole rings is 1. The van der Waals surface area contributed by atoms with Gasteiger partial charge in [-0.15, -0.1) is 11.3 Å². The number of methoxy groups -OCH3 is 1. The molecule has 0 atom stereocenters. The van der Waals surface area contributed by atoms with Crippen LogP contribution in [0.4, 0.5) is 11.5 Å². The molecule has 0 amide bonds. The molecular formula is C13H12N4OS. The van der Waals surface area contributed by atoms with E-state index in [1.165, 1.54) is 11.3 Å². The Kier molecular flexibility index (Phi) is 3.00. The first-order valence-electron chi connectivity index (χ1n) is 5.71. The van der Waals surface area contributed by atoms with Crippen LogP contribution in [0.2, 0.25) is 0 Å². The highest BCUT2D eigenvalue weighted by Crippen LogP contribution is 2.29. The average Bonchev–Trinajstić information content (AvgIpc) is 2.95. The highest BCUT2D eigenvalue weighted by atomic mass is 32.1. The van der Waals surface area contributed by atoms with E-state index < -0.39 is 0 Å². The van der Waals surface area contributed by atoms with Crippen molar-refractivity contribution in [2.45, 2.75) is 0 Å². The molecule has 5 nitrogen and oxygen atoms in total. The lowest BCUT2D eigenvalue weighted by Gasteiger charge is -2.18. The molecule has 0 saturated carbocycles. The van der Waals surface area contributed by atoms with E-state index in [4.69, 9.17) is 4.74 Å². The van der Waals surface area contributed by atoms with Crippen LogP contribution in [0.1, 0.15) is 0 Å². The van der Waals surface area contributed by atoms with Crippen LogP contribution in [-0.2, 0) is 0 Å².